The minimum atomic E-state index is -4.52. The summed E-state index contributed by atoms with van der Waals surface area (Å²) < 4.78 is 41.0. The number of aryl methyl sites for hydroxylation is 2. The Kier molecular flexibility index (Phi) is 5.59. The molecule has 0 aliphatic rings. The molecule has 0 radical (unpaired) electrons. The van der Waals surface area contributed by atoms with Crippen LogP contribution in [0.4, 0.5) is 13.2 Å². The van der Waals surface area contributed by atoms with E-state index in [-0.39, 0.29) is 11.1 Å². The first-order valence-electron chi connectivity index (χ1n) is 8.26. The maximum atomic E-state index is 13.2. The summed E-state index contributed by atoms with van der Waals surface area (Å²) in [5.74, 6) is -0.681. The summed E-state index contributed by atoms with van der Waals surface area (Å²) in [5, 5.41) is 2.53. The standard InChI is InChI=1S/C19H21F3N2O2/c1-5-24-12(3)10-11(2)16(18(24)26)17(25)23-13(4)14-8-6-7-9-15(14)19(20,21)22/h6-10,13H,5H2,1-4H3,(H,23,25)/t13-/m0/s1. The SMILES string of the molecule is CCn1c(C)cc(C)c(C(=O)N[C@@H](C)c2ccccc2C(F)(F)F)c1=O. The van der Waals surface area contributed by atoms with Gasteiger partial charge in [0.2, 0.25) is 0 Å². The topological polar surface area (TPSA) is 51.1 Å². The number of nitrogens with one attached hydrogen (secondary N) is 1. The number of hydrogen-bond donors (Lipinski definition) is 1. The third kappa shape index (κ3) is 3.81. The molecular weight excluding hydrogens is 345 g/mol. The first kappa shape index (κ1) is 19.8. The molecule has 1 aromatic heterocycles. The number of hydrogen-bond acceptors (Lipinski definition) is 2. The molecule has 0 saturated heterocycles. The molecule has 1 N–H and O–H groups in total. The van der Waals surface area contributed by atoms with E-state index in [4.69, 9.17) is 0 Å². The van der Waals surface area contributed by atoms with Gasteiger partial charge in [0.05, 0.1) is 11.6 Å². The van der Waals surface area contributed by atoms with Crippen LogP contribution >= 0.6 is 0 Å². The van der Waals surface area contributed by atoms with Crippen molar-refractivity contribution in [3.05, 3.63) is 68.6 Å². The predicted molar refractivity (Wildman–Crippen MR) is 93.2 cm³/mol. The molecule has 4 nitrogen and oxygen atoms in total. The van der Waals surface area contributed by atoms with E-state index < -0.39 is 29.2 Å². The molecule has 0 fully saturated rings. The Morgan fingerprint density at radius 3 is 2.42 bits per heavy atom. The third-order valence-electron chi connectivity index (χ3n) is 4.33. The summed E-state index contributed by atoms with van der Waals surface area (Å²) >= 11 is 0. The highest BCUT2D eigenvalue weighted by Crippen LogP contribution is 2.34. The Balaban J connectivity index is 2.40. The number of halogens is 3. The van der Waals surface area contributed by atoms with Gasteiger partial charge in [-0.3, -0.25) is 9.59 Å². The van der Waals surface area contributed by atoms with Gasteiger partial charge in [-0.2, -0.15) is 13.2 Å². The quantitative estimate of drug-likeness (QED) is 0.889. The van der Waals surface area contributed by atoms with Gasteiger partial charge in [0.1, 0.15) is 5.56 Å². The summed E-state index contributed by atoms with van der Waals surface area (Å²) in [6, 6.07) is 5.88. The Morgan fingerprint density at radius 1 is 1.23 bits per heavy atom. The number of pyridine rings is 1. The molecule has 1 heterocycles. The van der Waals surface area contributed by atoms with Gasteiger partial charge in [0, 0.05) is 12.2 Å². The van der Waals surface area contributed by atoms with Gasteiger partial charge in [-0.1, -0.05) is 18.2 Å². The van der Waals surface area contributed by atoms with Gasteiger partial charge in [-0.15, -0.1) is 0 Å². The number of alkyl halides is 3. The third-order valence-corrected chi connectivity index (χ3v) is 4.33. The van der Waals surface area contributed by atoms with Crippen molar-refractivity contribution in [2.75, 3.05) is 0 Å². The molecule has 2 rings (SSSR count). The summed E-state index contributed by atoms with van der Waals surface area (Å²) in [7, 11) is 0. The van der Waals surface area contributed by atoms with E-state index in [1.807, 2.05) is 0 Å². The van der Waals surface area contributed by atoms with E-state index in [0.29, 0.717) is 12.1 Å². The average Bonchev–Trinajstić information content (AvgIpc) is 2.53. The Morgan fingerprint density at radius 2 is 1.85 bits per heavy atom. The van der Waals surface area contributed by atoms with Gasteiger partial charge in [0.15, 0.2) is 0 Å². The Bertz CT molecular complexity index is 885. The van der Waals surface area contributed by atoms with Crippen LogP contribution in [0.15, 0.2) is 35.1 Å². The van der Waals surface area contributed by atoms with Crippen LogP contribution in [0, 0.1) is 13.8 Å². The number of nitrogens with zero attached hydrogens (tertiary/aromatic N) is 1. The van der Waals surface area contributed by atoms with E-state index in [2.05, 4.69) is 5.32 Å². The van der Waals surface area contributed by atoms with Crippen molar-refractivity contribution in [3.8, 4) is 0 Å². The second-order valence-corrected chi connectivity index (χ2v) is 6.17. The summed E-state index contributed by atoms with van der Waals surface area (Å²) in [6.45, 7) is 7.05. The highest BCUT2D eigenvalue weighted by atomic mass is 19.4. The number of carbonyl (C=O) groups excluding carboxylic acids is 1. The lowest BCUT2D eigenvalue weighted by Gasteiger charge is -2.20. The Hall–Kier alpha value is -2.57. The first-order chi connectivity index (χ1) is 12.1. The van der Waals surface area contributed by atoms with Crippen LogP contribution in [-0.4, -0.2) is 10.5 Å². The minimum Gasteiger partial charge on any atom is -0.345 e. The molecule has 140 valence electrons. The first-order valence-corrected chi connectivity index (χ1v) is 8.26. The lowest BCUT2D eigenvalue weighted by molar-refractivity contribution is -0.138. The zero-order valence-electron chi connectivity index (χ0n) is 15.1. The maximum absolute atomic E-state index is 13.2. The number of rotatable bonds is 4. The normalized spacial score (nSPS) is 12.7. The van der Waals surface area contributed by atoms with Gasteiger partial charge < -0.3 is 9.88 Å². The zero-order valence-corrected chi connectivity index (χ0v) is 15.1. The van der Waals surface area contributed by atoms with Crippen LogP contribution < -0.4 is 10.9 Å². The molecule has 0 aliphatic heterocycles. The van der Waals surface area contributed by atoms with Crippen LogP contribution in [0.25, 0.3) is 0 Å². The second kappa shape index (κ2) is 7.35. The van der Waals surface area contributed by atoms with Crippen LogP contribution in [0.2, 0.25) is 0 Å². The lowest BCUT2D eigenvalue weighted by Crippen LogP contribution is -2.36. The Labute approximate surface area is 149 Å². The molecule has 2 aromatic rings. The fraction of sp³-hybridized carbons (Fsp3) is 0.368. The van der Waals surface area contributed by atoms with Crippen molar-refractivity contribution in [1.82, 2.24) is 9.88 Å². The number of amides is 1. The monoisotopic (exact) mass is 366 g/mol. The number of aromatic nitrogens is 1. The molecule has 7 heteroatoms. The molecular formula is C19H21F3N2O2. The molecule has 0 bridgehead atoms. The highest BCUT2D eigenvalue weighted by molar-refractivity contribution is 5.95. The van der Waals surface area contributed by atoms with Gasteiger partial charge >= 0.3 is 6.18 Å². The van der Waals surface area contributed by atoms with Gasteiger partial charge in [-0.05, 0) is 51.0 Å². The van der Waals surface area contributed by atoms with Crippen LogP contribution in [-0.2, 0) is 12.7 Å². The van der Waals surface area contributed by atoms with Crippen molar-refractivity contribution in [3.63, 3.8) is 0 Å². The molecule has 0 aliphatic carbocycles. The lowest BCUT2D eigenvalue weighted by atomic mass is 10.0. The van der Waals surface area contributed by atoms with Crippen molar-refractivity contribution in [2.45, 2.75) is 46.5 Å². The van der Waals surface area contributed by atoms with Crippen molar-refractivity contribution >= 4 is 5.91 Å². The van der Waals surface area contributed by atoms with Crippen molar-refractivity contribution < 1.29 is 18.0 Å². The number of carbonyl (C=O) groups is 1. The zero-order chi connectivity index (χ0) is 19.6. The molecule has 1 amide bonds. The summed E-state index contributed by atoms with van der Waals surface area (Å²) in [4.78, 5) is 25.2. The van der Waals surface area contributed by atoms with E-state index in [0.717, 1.165) is 11.8 Å². The molecule has 0 saturated carbocycles. The van der Waals surface area contributed by atoms with Crippen molar-refractivity contribution in [2.24, 2.45) is 0 Å². The second-order valence-electron chi connectivity index (χ2n) is 6.17. The molecule has 0 unspecified atom stereocenters. The summed E-state index contributed by atoms with van der Waals surface area (Å²) in [6.07, 6.45) is -4.52. The molecule has 1 aromatic carbocycles. The molecule has 26 heavy (non-hydrogen) atoms. The van der Waals surface area contributed by atoms with Crippen LogP contribution in [0.3, 0.4) is 0 Å². The summed E-state index contributed by atoms with van der Waals surface area (Å²) in [5.41, 5.74) is -0.131. The van der Waals surface area contributed by atoms with E-state index in [1.165, 1.54) is 29.7 Å². The van der Waals surface area contributed by atoms with E-state index >= 15 is 0 Å². The van der Waals surface area contributed by atoms with Gasteiger partial charge in [0.25, 0.3) is 11.5 Å². The largest absolute Gasteiger partial charge is 0.416 e. The van der Waals surface area contributed by atoms with Crippen molar-refractivity contribution in [1.29, 1.82) is 0 Å². The average molecular weight is 366 g/mol. The highest BCUT2D eigenvalue weighted by Gasteiger charge is 2.34. The van der Waals surface area contributed by atoms with E-state index in [1.54, 1.807) is 26.8 Å². The minimum absolute atomic E-state index is 0.0473. The predicted octanol–water partition coefficient (Wildman–Crippen LogP) is 3.99. The van der Waals surface area contributed by atoms with Crippen LogP contribution in [0.1, 0.15) is 52.6 Å². The number of benzene rings is 1. The fourth-order valence-corrected chi connectivity index (χ4v) is 3.08. The fourth-order valence-electron chi connectivity index (χ4n) is 3.08. The molecule has 0 spiro atoms. The van der Waals surface area contributed by atoms with Gasteiger partial charge in [-0.25, -0.2) is 0 Å². The molecule has 1 atom stereocenters. The van der Waals surface area contributed by atoms with E-state index in [9.17, 15) is 22.8 Å². The maximum Gasteiger partial charge on any atom is 0.416 e. The smallest absolute Gasteiger partial charge is 0.345 e. The van der Waals surface area contributed by atoms with Crippen LogP contribution in [0.5, 0.6) is 0 Å².